The van der Waals surface area contributed by atoms with Gasteiger partial charge in [0.1, 0.15) is 5.75 Å². The number of nitrogens with two attached hydrogens (primary N) is 1. The van der Waals surface area contributed by atoms with Gasteiger partial charge >= 0.3 is 0 Å². The van der Waals surface area contributed by atoms with Gasteiger partial charge in [-0.1, -0.05) is 17.7 Å². The second-order valence-electron chi connectivity index (χ2n) is 4.13. The summed E-state index contributed by atoms with van der Waals surface area (Å²) < 4.78 is 28.5. The normalized spacial score (nSPS) is 11.3. The van der Waals surface area contributed by atoms with Crippen LogP contribution in [-0.4, -0.2) is 19.7 Å². The predicted octanol–water partition coefficient (Wildman–Crippen LogP) is 2.39. The fourth-order valence-corrected chi connectivity index (χ4v) is 2.39. The third kappa shape index (κ3) is 3.47. The van der Waals surface area contributed by atoms with Crippen molar-refractivity contribution < 1.29 is 13.2 Å². The Morgan fingerprint density at radius 2 is 2.05 bits per heavy atom. The first-order chi connectivity index (χ1) is 9.40. The van der Waals surface area contributed by atoms with Gasteiger partial charge in [0.05, 0.1) is 15.6 Å². The molecule has 0 fully saturated rings. The van der Waals surface area contributed by atoms with Crippen molar-refractivity contribution in [3.63, 3.8) is 0 Å². The summed E-state index contributed by atoms with van der Waals surface area (Å²) in [5.41, 5.74) is 6.03. The molecule has 0 aliphatic carbocycles. The summed E-state index contributed by atoms with van der Waals surface area (Å²) in [6.07, 6.45) is 1.14. The van der Waals surface area contributed by atoms with E-state index >= 15 is 0 Å². The van der Waals surface area contributed by atoms with Crippen LogP contribution in [0.15, 0.2) is 41.3 Å². The van der Waals surface area contributed by atoms with Gasteiger partial charge in [0.2, 0.25) is 5.88 Å². The maximum atomic E-state index is 11.5. The van der Waals surface area contributed by atoms with Crippen LogP contribution in [0.5, 0.6) is 11.6 Å². The van der Waals surface area contributed by atoms with Gasteiger partial charge < -0.3 is 10.5 Å². The van der Waals surface area contributed by atoms with Crippen LogP contribution in [-0.2, 0) is 16.4 Å². The summed E-state index contributed by atoms with van der Waals surface area (Å²) >= 11 is 5.91. The molecule has 0 saturated carbocycles. The van der Waals surface area contributed by atoms with Crippen molar-refractivity contribution in [3.8, 4) is 11.6 Å². The number of pyridine rings is 1. The molecule has 1 aromatic carbocycles. The van der Waals surface area contributed by atoms with Crippen LogP contribution >= 0.6 is 11.6 Å². The first kappa shape index (κ1) is 14.8. The van der Waals surface area contributed by atoms with Gasteiger partial charge in [0.15, 0.2) is 9.84 Å². The highest BCUT2D eigenvalue weighted by molar-refractivity contribution is 7.90. The van der Waals surface area contributed by atoms with Crippen molar-refractivity contribution in [1.82, 2.24) is 4.98 Å². The molecule has 1 heterocycles. The maximum absolute atomic E-state index is 11.5. The van der Waals surface area contributed by atoms with E-state index in [9.17, 15) is 8.42 Å². The van der Waals surface area contributed by atoms with Crippen molar-refractivity contribution in [2.45, 2.75) is 11.4 Å². The average molecular weight is 313 g/mol. The molecular weight excluding hydrogens is 300 g/mol. The standard InChI is InChI=1S/C13H13ClN2O3S/c1-20(17,18)10-4-2-3-9(7-10)19-13-6-5-11(14)12(8-15)16-13/h2-7H,8,15H2,1H3. The van der Waals surface area contributed by atoms with E-state index in [1.54, 1.807) is 24.3 Å². The topological polar surface area (TPSA) is 82.3 Å². The van der Waals surface area contributed by atoms with E-state index in [4.69, 9.17) is 22.1 Å². The number of nitrogens with zero attached hydrogens (tertiary/aromatic N) is 1. The molecule has 0 spiro atoms. The molecule has 0 bridgehead atoms. The average Bonchev–Trinajstić information content (AvgIpc) is 2.40. The van der Waals surface area contributed by atoms with Gasteiger partial charge in [-0.2, -0.15) is 0 Å². The Labute approximate surface area is 122 Å². The lowest BCUT2D eigenvalue weighted by Gasteiger charge is -2.08. The van der Waals surface area contributed by atoms with E-state index in [0.717, 1.165) is 6.26 Å². The lowest BCUT2D eigenvalue weighted by Crippen LogP contribution is -2.02. The number of sulfone groups is 1. The van der Waals surface area contributed by atoms with Gasteiger partial charge in [0.25, 0.3) is 0 Å². The van der Waals surface area contributed by atoms with Gasteiger partial charge in [-0.3, -0.25) is 0 Å². The van der Waals surface area contributed by atoms with Gasteiger partial charge in [-0.25, -0.2) is 13.4 Å². The Balaban J connectivity index is 2.31. The Morgan fingerprint density at radius 1 is 1.30 bits per heavy atom. The Kier molecular flexibility index (Phi) is 4.27. The minimum atomic E-state index is -3.28. The molecule has 0 unspecified atom stereocenters. The summed E-state index contributed by atoms with van der Waals surface area (Å²) in [5.74, 6) is 0.686. The zero-order valence-corrected chi connectivity index (χ0v) is 12.3. The molecule has 0 saturated heterocycles. The zero-order chi connectivity index (χ0) is 14.8. The minimum absolute atomic E-state index is 0.183. The Hall–Kier alpha value is -1.63. The van der Waals surface area contributed by atoms with Crippen molar-refractivity contribution >= 4 is 21.4 Å². The summed E-state index contributed by atoms with van der Waals surface area (Å²) in [7, 11) is -3.28. The molecule has 5 nitrogen and oxygen atoms in total. The summed E-state index contributed by atoms with van der Waals surface area (Å²) in [6.45, 7) is 0.194. The lowest BCUT2D eigenvalue weighted by molar-refractivity contribution is 0.459. The maximum Gasteiger partial charge on any atom is 0.219 e. The molecule has 0 aliphatic rings. The Morgan fingerprint density at radius 3 is 2.70 bits per heavy atom. The molecular formula is C13H13ClN2O3S. The SMILES string of the molecule is CS(=O)(=O)c1cccc(Oc2ccc(Cl)c(CN)n2)c1. The molecule has 0 aliphatic heterocycles. The smallest absolute Gasteiger partial charge is 0.219 e. The Bertz CT molecular complexity index is 732. The van der Waals surface area contributed by atoms with E-state index in [0.29, 0.717) is 22.3 Å². The second-order valence-corrected chi connectivity index (χ2v) is 6.55. The molecule has 2 rings (SSSR count). The molecule has 0 radical (unpaired) electrons. The molecule has 20 heavy (non-hydrogen) atoms. The predicted molar refractivity (Wildman–Crippen MR) is 76.8 cm³/mol. The van der Waals surface area contributed by atoms with E-state index in [2.05, 4.69) is 4.98 Å². The zero-order valence-electron chi connectivity index (χ0n) is 10.7. The van der Waals surface area contributed by atoms with E-state index in [1.165, 1.54) is 12.1 Å². The molecule has 0 amide bonds. The van der Waals surface area contributed by atoms with Crippen LogP contribution in [0.1, 0.15) is 5.69 Å². The first-order valence-electron chi connectivity index (χ1n) is 5.73. The van der Waals surface area contributed by atoms with Gasteiger partial charge in [0, 0.05) is 18.9 Å². The number of rotatable bonds is 4. The van der Waals surface area contributed by atoms with Crippen molar-refractivity contribution in [2.24, 2.45) is 5.73 Å². The van der Waals surface area contributed by atoms with Gasteiger partial charge in [-0.05, 0) is 24.3 Å². The first-order valence-corrected chi connectivity index (χ1v) is 8.00. The van der Waals surface area contributed by atoms with E-state index < -0.39 is 9.84 Å². The van der Waals surface area contributed by atoms with Crippen LogP contribution in [0, 0.1) is 0 Å². The summed E-state index contributed by atoms with van der Waals surface area (Å²) in [4.78, 5) is 4.33. The van der Waals surface area contributed by atoms with Gasteiger partial charge in [-0.15, -0.1) is 0 Å². The molecule has 7 heteroatoms. The largest absolute Gasteiger partial charge is 0.439 e. The summed E-state index contributed by atoms with van der Waals surface area (Å²) in [5, 5.41) is 0.463. The van der Waals surface area contributed by atoms with Crippen molar-refractivity contribution in [1.29, 1.82) is 0 Å². The van der Waals surface area contributed by atoms with E-state index in [1.807, 2.05) is 0 Å². The van der Waals surface area contributed by atoms with Crippen LogP contribution in [0.3, 0.4) is 0 Å². The van der Waals surface area contributed by atoms with Crippen molar-refractivity contribution in [3.05, 3.63) is 47.1 Å². The third-order valence-corrected chi connectivity index (χ3v) is 4.00. The number of ether oxygens (including phenoxy) is 1. The van der Waals surface area contributed by atoms with Crippen LogP contribution in [0.2, 0.25) is 5.02 Å². The van der Waals surface area contributed by atoms with Crippen LogP contribution in [0.25, 0.3) is 0 Å². The molecule has 2 N–H and O–H groups in total. The fraction of sp³-hybridized carbons (Fsp3) is 0.154. The van der Waals surface area contributed by atoms with E-state index in [-0.39, 0.29) is 11.4 Å². The number of hydrogen-bond donors (Lipinski definition) is 1. The number of halogens is 1. The number of aromatic nitrogens is 1. The van der Waals surface area contributed by atoms with Crippen LogP contribution < -0.4 is 10.5 Å². The number of hydrogen-bond acceptors (Lipinski definition) is 5. The lowest BCUT2D eigenvalue weighted by atomic mass is 10.3. The highest BCUT2D eigenvalue weighted by atomic mass is 35.5. The van der Waals surface area contributed by atoms with Crippen LogP contribution in [0.4, 0.5) is 0 Å². The number of benzene rings is 1. The monoisotopic (exact) mass is 312 g/mol. The highest BCUT2D eigenvalue weighted by Gasteiger charge is 2.09. The van der Waals surface area contributed by atoms with Crippen molar-refractivity contribution in [2.75, 3.05) is 6.26 Å². The highest BCUT2D eigenvalue weighted by Crippen LogP contribution is 2.24. The summed E-state index contributed by atoms with van der Waals surface area (Å²) in [6, 6.07) is 9.41. The fourth-order valence-electron chi connectivity index (χ4n) is 1.55. The minimum Gasteiger partial charge on any atom is -0.439 e. The second kappa shape index (κ2) is 5.78. The molecule has 0 atom stereocenters. The third-order valence-electron chi connectivity index (χ3n) is 2.54. The quantitative estimate of drug-likeness (QED) is 0.937. The molecule has 2 aromatic rings. The molecule has 106 valence electrons. The molecule has 1 aromatic heterocycles.